The van der Waals surface area contributed by atoms with Gasteiger partial charge in [0.1, 0.15) is 0 Å². The smallest absolute Gasteiger partial charge is 0.269 e. The summed E-state index contributed by atoms with van der Waals surface area (Å²) in [4.78, 5) is 44.3. The molecule has 8 heteroatoms. The Morgan fingerprint density at radius 3 is 1.43 bits per heavy atom. The molecular formula is C20H38O8. The van der Waals surface area contributed by atoms with Crippen molar-refractivity contribution in [3.05, 3.63) is 0 Å². The van der Waals surface area contributed by atoms with E-state index >= 15 is 0 Å². The molecular weight excluding hydrogens is 368 g/mol. The predicted molar refractivity (Wildman–Crippen MR) is 102 cm³/mol. The van der Waals surface area contributed by atoms with Crippen LogP contribution in [0.2, 0.25) is 0 Å². The number of hydrogen-bond acceptors (Lipinski definition) is 8. The fraction of sp³-hybridized carbons (Fsp3) is 0.900. The third-order valence-corrected chi connectivity index (χ3v) is 5.16. The quantitative estimate of drug-likeness (QED) is 0.396. The van der Waals surface area contributed by atoms with Gasteiger partial charge in [-0.25, -0.2) is 9.59 Å². The molecule has 0 saturated carbocycles. The molecule has 28 heavy (non-hydrogen) atoms. The Kier molecular flexibility index (Phi) is 8.67. The minimum atomic E-state index is -1.01. The molecule has 0 aliphatic rings. The van der Waals surface area contributed by atoms with Gasteiger partial charge in [-0.15, -0.1) is 0 Å². The first-order valence-electron chi connectivity index (χ1n) is 9.35. The first kappa shape index (κ1) is 26.8. The molecule has 0 amide bonds. The molecule has 0 N–H and O–H groups in total. The van der Waals surface area contributed by atoms with Gasteiger partial charge in [0, 0.05) is 0 Å². The van der Waals surface area contributed by atoms with E-state index in [-0.39, 0.29) is 6.42 Å². The summed E-state index contributed by atoms with van der Waals surface area (Å²) in [7, 11) is 0. The van der Waals surface area contributed by atoms with Gasteiger partial charge in [0.2, 0.25) is 0 Å². The second-order valence-electron chi connectivity index (χ2n) is 10.7. The van der Waals surface area contributed by atoms with Crippen LogP contribution in [0, 0.1) is 16.2 Å². The lowest BCUT2D eigenvalue weighted by molar-refractivity contribution is -0.517. The van der Waals surface area contributed by atoms with E-state index < -0.39 is 39.4 Å². The maximum Gasteiger partial charge on any atom is 0.351 e. The van der Waals surface area contributed by atoms with Gasteiger partial charge in [0.05, 0.1) is 23.0 Å². The lowest BCUT2D eigenvalue weighted by atomic mass is 9.54. The molecule has 8 nitrogen and oxygen atoms in total. The summed E-state index contributed by atoms with van der Waals surface area (Å²) in [5.74, 6) is -1.23. The van der Waals surface area contributed by atoms with Gasteiger partial charge in [-0.2, -0.15) is 9.78 Å². The monoisotopic (exact) mass is 406 g/mol. The zero-order valence-corrected chi connectivity index (χ0v) is 19.5. The Morgan fingerprint density at radius 1 is 0.643 bits per heavy atom. The lowest BCUT2D eigenvalue weighted by Crippen LogP contribution is -2.50. The summed E-state index contributed by atoms with van der Waals surface area (Å²) in [5, 5.41) is 9.20. The fourth-order valence-electron chi connectivity index (χ4n) is 2.12. The van der Waals surface area contributed by atoms with Gasteiger partial charge in [-0.05, 0) is 76.3 Å². The Labute approximate surface area is 168 Å². The Hall–Kier alpha value is -1.22. The molecule has 0 spiro atoms. The van der Waals surface area contributed by atoms with Crippen LogP contribution >= 0.6 is 0 Å². The summed E-state index contributed by atoms with van der Waals surface area (Å²) in [5.41, 5.74) is -3.62. The van der Waals surface area contributed by atoms with Crippen LogP contribution in [0.3, 0.4) is 0 Å². The Balaban J connectivity index is 5.03. The molecule has 0 atom stereocenters. The van der Waals surface area contributed by atoms with Crippen LogP contribution < -0.4 is 0 Å². The minimum Gasteiger partial charge on any atom is -0.269 e. The largest absolute Gasteiger partial charge is 0.351 e. The normalized spacial score (nSPS) is 14.0. The summed E-state index contributed by atoms with van der Waals surface area (Å²) in [6.07, 6.45) is -0.0104. The van der Waals surface area contributed by atoms with E-state index in [0.29, 0.717) is 0 Å². The van der Waals surface area contributed by atoms with Gasteiger partial charge in [0.15, 0.2) is 0 Å². The van der Waals surface area contributed by atoms with Crippen LogP contribution in [0.5, 0.6) is 0 Å². The highest BCUT2D eigenvalue weighted by atomic mass is 17.5. The molecule has 0 heterocycles. The molecule has 0 rings (SSSR count). The van der Waals surface area contributed by atoms with Crippen LogP contribution in [-0.2, 0) is 39.2 Å². The topological polar surface area (TPSA) is 89.5 Å². The van der Waals surface area contributed by atoms with Crippen molar-refractivity contribution in [2.45, 2.75) is 101 Å². The zero-order valence-electron chi connectivity index (χ0n) is 19.5. The molecule has 0 unspecified atom stereocenters. The van der Waals surface area contributed by atoms with Crippen molar-refractivity contribution in [2.24, 2.45) is 16.2 Å². The first-order chi connectivity index (χ1) is 12.2. The summed E-state index contributed by atoms with van der Waals surface area (Å²) < 4.78 is 0. The van der Waals surface area contributed by atoms with Crippen LogP contribution in [0.4, 0.5) is 0 Å². The highest BCUT2D eigenvalue weighted by Gasteiger charge is 2.54. The molecule has 0 bridgehead atoms. The van der Waals surface area contributed by atoms with Crippen molar-refractivity contribution in [1.82, 2.24) is 0 Å². The average Bonchev–Trinajstić information content (AvgIpc) is 2.43. The second-order valence-corrected chi connectivity index (χ2v) is 10.7. The Bertz CT molecular complexity index is 535. The van der Waals surface area contributed by atoms with Crippen LogP contribution in [0.25, 0.3) is 0 Å². The third kappa shape index (κ3) is 8.03. The van der Waals surface area contributed by atoms with E-state index in [9.17, 15) is 9.59 Å². The van der Waals surface area contributed by atoms with E-state index in [1.165, 1.54) is 0 Å². The maximum atomic E-state index is 12.6. The fourth-order valence-corrected chi connectivity index (χ4v) is 2.12. The van der Waals surface area contributed by atoms with Gasteiger partial charge in [-0.1, -0.05) is 27.7 Å². The minimum absolute atomic E-state index is 0.0104. The van der Waals surface area contributed by atoms with E-state index in [1.54, 1.807) is 55.4 Å². The SMILES string of the molecule is CC(C)(C)OOOC(=O)CC(C)(C)C(C)(C)C(C)(C)C(=O)OOOC(C)(C)C. The highest BCUT2D eigenvalue weighted by Crippen LogP contribution is 2.53. The number of carbonyl (C=O) groups is 2. The summed E-state index contributed by atoms with van der Waals surface area (Å²) in [6, 6.07) is 0. The summed E-state index contributed by atoms with van der Waals surface area (Å²) >= 11 is 0. The molecule has 0 aliphatic heterocycles. The average molecular weight is 407 g/mol. The first-order valence-corrected chi connectivity index (χ1v) is 9.35. The zero-order chi connectivity index (χ0) is 22.6. The molecule has 166 valence electrons. The van der Waals surface area contributed by atoms with Crippen LogP contribution in [0.1, 0.15) is 89.5 Å². The van der Waals surface area contributed by atoms with Crippen LogP contribution in [-0.4, -0.2) is 23.1 Å². The number of rotatable bonds is 9. The molecule has 0 aromatic rings. The van der Waals surface area contributed by atoms with E-state index in [4.69, 9.17) is 19.6 Å². The highest BCUT2D eigenvalue weighted by molar-refractivity contribution is 5.77. The molecule has 0 aromatic carbocycles. The second kappa shape index (κ2) is 9.07. The van der Waals surface area contributed by atoms with Crippen molar-refractivity contribution < 1.29 is 39.2 Å². The molecule has 0 saturated heterocycles. The van der Waals surface area contributed by atoms with E-state index in [0.717, 1.165) is 0 Å². The van der Waals surface area contributed by atoms with Crippen molar-refractivity contribution in [2.75, 3.05) is 0 Å². The van der Waals surface area contributed by atoms with Crippen molar-refractivity contribution in [3.8, 4) is 0 Å². The van der Waals surface area contributed by atoms with Gasteiger partial charge < -0.3 is 0 Å². The Morgan fingerprint density at radius 2 is 1.04 bits per heavy atom. The predicted octanol–water partition coefficient (Wildman–Crippen LogP) is 4.86. The molecule has 0 aromatic heterocycles. The molecule has 0 aliphatic carbocycles. The van der Waals surface area contributed by atoms with Crippen molar-refractivity contribution in [3.63, 3.8) is 0 Å². The lowest BCUT2D eigenvalue weighted by Gasteiger charge is -2.49. The third-order valence-electron chi connectivity index (χ3n) is 5.16. The standard InChI is InChI=1S/C20H38O8/c1-16(2,3)25-27-23-14(21)13-18(7,8)20(11,12)19(9,10)15(22)24-28-26-17(4,5)6/h13H2,1-12H3. The summed E-state index contributed by atoms with van der Waals surface area (Å²) in [6.45, 7) is 21.5. The molecule has 0 fully saturated rings. The van der Waals surface area contributed by atoms with Crippen molar-refractivity contribution in [1.29, 1.82) is 0 Å². The van der Waals surface area contributed by atoms with Gasteiger partial charge >= 0.3 is 11.9 Å². The van der Waals surface area contributed by atoms with Crippen molar-refractivity contribution >= 4 is 11.9 Å². The maximum absolute atomic E-state index is 12.6. The van der Waals surface area contributed by atoms with Gasteiger partial charge in [0.25, 0.3) is 0 Å². The van der Waals surface area contributed by atoms with Crippen LogP contribution in [0.15, 0.2) is 0 Å². The van der Waals surface area contributed by atoms with Gasteiger partial charge in [-0.3, -0.25) is 9.78 Å². The molecule has 0 radical (unpaired) electrons. The van der Waals surface area contributed by atoms with E-state index in [2.05, 4.69) is 10.1 Å². The van der Waals surface area contributed by atoms with E-state index in [1.807, 2.05) is 27.7 Å². The number of carbonyl (C=O) groups excluding carboxylic acids is 2. The number of hydrogen-bond donors (Lipinski definition) is 0.